The van der Waals surface area contributed by atoms with Gasteiger partial charge in [-0.15, -0.1) is 0 Å². The standard InChI is InChI=1S/C15H18ClF2N3/c1-3-19-14(9-15-20-5-6-21(15)4-2)10-7-13(18)11(16)8-12(10)17/h5-8,14,19H,3-4,9H2,1-2H3. The zero-order valence-electron chi connectivity index (χ0n) is 12.0. The summed E-state index contributed by atoms with van der Waals surface area (Å²) in [6.07, 6.45) is 4.06. The number of benzene rings is 1. The van der Waals surface area contributed by atoms with Crippen molar-refractivity contribution in [2.75, 3.05) is 6.54 Å². The molecule has 6 heteroatoms. The lowest BCUT2D eigenvalue weighted by Gasteiger charge is -2.19. The molecule has 2 aromatic rings. The SMILES string of the molecule is CCNC(Cc1nccn1CC)c1cc(F)c(Cl)cc1F. The molecule has 1 heterocycles. The minimum atomic E-state index is -0.616. The molecule has 0 spiro atoms. The van der Waals surface area contributed by atoms with E-state index in [0.29, 0.717) is 13.0 Å². The number of aryl methyl sites for hydroxylation is 1. The fraction of sp³-hybridized carbons (Fsp3) is 0.400. The van der Waals surface area contributed by atoms with Gasteiger partial charge in [0.25, 0.3) is 0 Å². The topological polar surface area (TPSA) is 29.9 Å². The van der Waals surface area contributed by atoms with Gasteiger partial charge >= 0.3 is 0 Å². The maximum absolute atomic E-state index is 14.1. The lowest BCUT2D eigenvalue weighted by Crippen LogP contribution is -2.25. The second-order valence-corrected chi connectivity index (χ2v) is 5.14. The van der Waals surface area contributed by atoms with Gasteiger partial charge in [-0.2, -0.15) is 0 Å². The van der Waals surface area contributed by atoms with Crippen LogP contribution in [0, 0.1) is 11.6 Å². The third kappa shape index (κ3) is 3.60. The molecule has 0 aliphatic rings. The van der Waals surface area contributed by atoms with Crippen molar-refractivity contribution in [3.63, 3.8) is 0 Å². The Morgan fingerprint density at radius 1 is 1.29 bits per heavy atom. The van der Waals surface area contributed by atoms with E-state index in [4.69, 9.17) is 11.6 Å². The van der Waals surface area contributed by atoms with Crippen LogP contribution in [-0.4, -0.2) is 16.1 Å². The molecule has 0 bridgehead atoms. The van der Waals surface area contributed by atoms with E-state index in [1.807, 2.05) is 24.6 Å². The average molecular weight is 314 g/mol. The molecule has 1 aromatic carbocycles. The predicted octanol–water partition coefficient (Wildman–Crippen LogP) is 3.73. The Morgan fingerprint density at radius 3 is 2.71 bits per heavy atom. The van der Waals surface area contributed by atoms with E-state index in [2.05, 4.69) is 10.3 Å². The molecule has 3 nitrogen and oxygen atoms in total. The summed E-state index contributed by atoms with van der Waals surface area (Å²) in [7, 11) is 0. The number of rotatable bonds is 6. The second-order valence-electron chi connectivity index (χ2n) is 4.73. The molecular formula is C15H18ClF2N3. The highest BCUT2D eigenvalue weighted by Gasteiger charge is 2.20. The first-order chi connectivity index (χ1) is 10.1. The lowest BCUT2D eigenvalue weighted by molar-refractivity contribution is 0.486. The number of nitrogens with one attached hydrogen (secondary N) is 1. The highest BCUT2D eigenvalue weighted by Crippen LogP contribution is 2.26. The summed E-state index contributed by atoms with van der Waals surface area (Å²) in [5.41, 5.74) is 0.268. The molecule has 0 amide bonds. The number of halogens is 3. The van der Waals surface area contributed by atoms with Gasteiger partial charge in [0, 0.05) is 37.0 Å². The van der Waals surface area contributed by atoms with Crippen molar-refractivity contribution in [1.82, 2.24) is 14.9 Å². The molecule has 0 fully saturated rings. The molecule has 1 N–H and O–H groups in total. The third-order valence-electron chi connectivity index (χ3n) is 3.39. The fourth-order valence-electron chi connectivity index (χ4n) is 2.34. The van der Waals surface area contributed by atoms with Gasteiger partial charge in [-0.1, -0.05) is 18.5 Å². The highest BCUT2D eigenvalue weighted by atomic mass is 35.5. The fourth-order valence-corrected chi connectivity index (χ4v) is 2.49. The number of hydrogen-bond donors (Lipinski definition) is 1. The molecule has 1 unspecified atom stereocenters. The molecule has 0 saturated heterocycles. The maximum atomic E-state index is 14.1. The van der Waals surface area contributed by atoms with Gasteiger partial charge < -0.3 is 9.88 Å². The molecule has 0 saturated carbocycles. The molecule has 0 radical (unpaired) electrons. The summed E-state index contributed by atoms with van der Waals surface area (Å²) >= 11 is 5.61. The quantitative estimate of drug-likeness (QED) is 0.824. The molecule has 114 valence electrons. The van der Waals surface area contributed by atoms with Crippen LogP contribution in [0.5, 0.6) is 0 Å². The molecule has 1 atom stereocenters. The highest BCUT2D eigenvalue weighted by molar-refractivity contribution is 6.30. The van der Waals surface area contributed by atoms with Crippen LogP contribution >= 0.6 is 11.6 Å². The maximum Gasteiger partial charge on any atom is 0.142 e. The van der Waals surface area contributed by atoms with Crippen LogP contribution < -0.4 is 5.32 Å². The van der Waals surface area contributed by atoms with Crippen LogP contribution in [0.2, 0.25) is 5.02 Å². The van der Waals surface area contributed by atoms with Crippen LogP contribution in [0.4, 0.5) is 8.78 Å². The van der Waals surface area contributed by atoms with Crippen molar-refractivity contribution < 1.29 is 8.78 Å². The van der Waals surface area contributed by atoms with Gasteiger partial charge in [0.1, 0.15) is 17.5 Å². The number of nitrogens with zero attached hydrogens (tertiary/aromatic N) is 2. The van der Waals surface area contributed by atoms with Gasteiger partial charge in [0.2, 0.25) is 0 Å². The summed E-state index contributed by atoms with van der Waals surface area (Å²) in [4.78, 5) is 4.28. The number of likely N-dealkylation sites (N-methyl/N-ethyl adjacent to an activating group) is 1. The zero-order valence-corrected chi connectivity index (χ0v) is 12.8. The zero-order chi connectivity index (χ0) is 15.4. The molecule has 0 aliphatic heterocycles. The van der Waals surface area contributed by atoms with Crippen molar-refractivity contribution in [1.29, 1.82) is 0 Å². The first-order valence-electron chi connectivity index (χ1n) is 6.94. The first kappa shape index (κ1) is 15.9. The van der Waals surface area contributed by atoms with E-state index < -0.39 is 11.6 Å². The average Bonchev–Trinajstić information content (AvgIpc) is 2.89. The Kier molecular flexibility index (Phi) is 5.31. The van der Waals surface area contributed by atoms with Crippen LogP contribution in [0.25, 0.3) is 0 Å². The van der Waals surface area contributed by atoms with E-state index in [0.717, 1.165) is 24.5 Å². The van der Waals surface area contributed by atoms with Gasteiger partial charge in [0.05, 0.1) is 5.02 Å². The van der Waals surface area contributed by atoms with E-state index in [9.17, 15) is 8.78 Å². The molecule has 1 aromatic heterocycles. The van der Waals surface area contributed by atoms with E-state index in [1.165, 1.54) is 0 Å². The molecule has 21 heavy (non-hydrogen) atoms. The van der Waals surface area contributed by atoms with E-state index in [1.54, 1.807) is 6.20 Å². The second kappa shape index (κ2) is 7.00. The molecular weight excluding hydrogens is 296 g/mol. The summed E-state index contributed by atoms with van der Waals surface area (Å²) in [5.74, 6) is -0.296. The van der Waals surface area contributed by atoms with Crippen LogP contribution in [-0.2, 0) is 13.0 Å². The Labute approximate surface area is 128 Å². The van der Waals surface area contributed by atoms with E-state index in [-0.39, 0.29) is 16.6 Å². The van der Waals surface area contributed by atoms with Crippen molar-refractivity contribution in [2.45, 2.75) is 32.9 Å². The van der Waals surface area contributed by atoms with Crippen molar-refractivity contribution in [2.24, 2.45) is 0 Å². The largest absolute Gasteiger partial charge is 0.335 e. The molecule has 2 rings (SSSR count). The summed E-state index contributed by atoms with van der Waals surface area (Å²) in [6, 6.07) is 1.82. The van der Waals surface area contributed by atoms with Gasteiger partial charge in [0.15, 0.2) is 0 Å². The van der Waals surface area contributed by atoms with Crippen molar-refractivity contribution in [3.8, 4) is 0 Å². The number of aromatic nitrogens is 2. The predicted molar refractivity (Wildman–Crippen MR) is 79.4 cm³/mol. The van der Waals surface area contributed by atoms with Crippen molar-refractivity contribution in [3.05, 3.63) is 52.6 Å². The monoisotopic (exact) mass is 313 g/mol. The van der Waals surface area contributed by atoms with E-state index >= 15 is 0 Å². The number of imidazole rings is 1. The Balaban J connectivity index is 2.33. The number of hydrogen-bond acceptors (Lipinski definition) is 2. The minimum Gasteiger partial charge on any atom is -0.335 e. The van der Waals surface area contributed by atoms with Crippen LogP contribution in [0.3, 0.4) is 0 Å². The van der Waals surface area contributed by atoms with Crippen molar-refractivity contribution >= 4 is 11.6 Å². The van der Waals surface area contributed by atoms with Gasteiger partial charge in [-0.25, -0.2) is 13.8 Å². The summed E-state index contributed by atoms with van der Waals surface area (Å²) < 4.78 is 29.7. The smallest absolute Gasteiger partial charge is 0.142 e. The summed E-state index contributed by atoms with van der Waals surface area (Å²) in [5, 5.41) is 2.97. The Bertz CT molecular complexity index is 613. The lowest BCUT2D eigenvalue weighted by atomic mass is 10.0. The van der Waals surface area contributed by atoms with Crippen LogP contribution in [0.1, 0.15) is 31.3 Å². The summed E-state index contributed by atoms with van der Waals surface area (Å²) in [6.45, 7) is 5.35. The van der Waals surface area contributed by atoms with Crippen LogP contribution in [0.15, 0.2) is 24.5 Å². The normalized spacial score (nSPS) is 12.6. The van der Waals surface area contributed by atoms with Gasteiger partial charge in [-0.05, 0) is 25.6 Å². The Hall–Kier alpha value is -1.46. The minimum absolute atomic E-state index is 0.207. The van der Waals surface area contributed by atoms with Gasteiger partial charge in [-0.3, -0.25) is 0 Å². The third-order valence-corrected chi connectivity index (χ3v) is 3.68. The Morgan fingerprint density at radius 2 is 2.05 bits per heavy atom. The molecule has 0 aliphatic carbocycles. The first-order valence-corrected chi connectivity index (χ1v) is 7.32.